The Morgan fingerprint density at radius 1 is 1.55 bits per heavy atom. The van der Waals surface area contributed by atoms with Crippen LogP contribution in [0.15, 0.2) is 6.20 Å². The lowest BCUT2D eigenvalue weighted by molar-refractivity contribution is -0.384. The summed E-state index contributed by atoms with van der Waals surface area (Å²) in [6.07, 6.45) is 6.53. The lowest BCUT2D eigenvalue weighted by Gasteiger charge is -2.37. The molecule has 1 saturated carbocycles. The first kappa shape index (κ1) is 15.0. The molecule has 110 valence electrons. The van der Waals surface area contributed by atoms with Gasteiger partial charge in [-0.1, -0.05) is 20.3 Å². The van der Waals surface area contributed by atoms with Crippen molar-refractivity contribution >= 4 is 23.1 Å². The number of anilines is 1. The zero-order chi connectivity index (χ0) is 14.8. The van der Waals surface area contributed by atoms with E-state index in [-0.39, 0.29) is 22.8 Å². The summed E-state index contributed by atoms with van der Waals surface area (Å²) in [5.74, 6) is 0.222. The van der Waals surface area contributed by atoms with E-state index >= 15 is 0 Å². The maximum atomic E-state index is 11.0. The van der Waals surface area contributed by atoms with Crippen LogP contribution in [0.1, 0.15) is 46.0 Å². The molecule has 1 aromatic rings. The van der Waals surface area contributed by atoms with E-state index in [2.05, 4.69) is 29.1 Å². The van der Waals surface area contributed by atoms with Crippen molar-refractivity contribution in [1.82, 2.24) is 9.97 Å². The van der Waals surface area contributed by atoms with Gasteiger partial charge in [-0.15, -0.1) is 0 Å². The first-order chi connectivity index (χ1) is 9.43. The topological polar surface area (TPSA) is 81.0 Å². The Labute approximate surface area is 123 Å². The van der Waals surface area contributed by atoms with E-state index in [9.17, 15) is 10.1 Å². The Morgan fingerprint density at radius 3 is 2.75 bits per heavy atom. The molecule has 1 aliphatic carbocycles. The minimum Gasteiger partial charge on any atom is -0.361 e. The van der Waals surface area contributed by atoms with Crippen LogP contribution in [-0.4, -0.2) is 20.9 Å². The third-order valence-corrected chi connectivity index (χ3v) is 4.51. The molecule has 0 unspecified atom stereocenters. The van der Waals surface area contributed by atoms with E-state index in [4.69, 9.17) is 11.6 Å². The minimum atomic E-state index is -0.488. The van der Waals surface area contributed by atoms with Crippen LogP contribution in [0, 0.1) is 15.5 Å². The number of halogens is 1. The molecule has 1 N–H and O–H groups in total. The van der Waals surface area contributed by atoms with Gasteiger partial charge in [0.15, 0.2) is 0 Å². The summed E-state index contributed by atoms with van der Waals surface area (Å²) in [7, 11) is 0. The predicted octanol–water partition coefficient (Wildman–Crippen LogP) is 3.81. The molecule has 0 radical (unpaired) electrons. The zero-order valence-electron chi connectivity index (χ0n) is 11.7. The van der Waals surface area contributed by atoms with Crippen molar-refractivity contribution in [2.45, 2.75) is 52.0 Å². The predicted molar refractivity (Wildman–Crippen MR) is 78.0 cm³/mol. The normalized spacial score (nSPS) is 26.2. The molecule has 0 aliphatic heterocycles. The smallest absolute Gasteiger partial charge is 0.329 e. The summed E-state index contributed by atoms with van der Waals surface area (Å²) < 4.78 is 0. The summed E-state index contributed by atoms with van der Waals surface area (Å²) in [4.78, 5) is 18.1. The SMILES string of the molecule is CCC1(C)CCC(Nc2nc(Cl)ncc2[N+](=O)[O-])CC1. The van der Waals surface area contributed by atoms with Crippen molar-refractivity contribution in [3.63, 3.8) is 0 Å². The molecule has 0 aromatic carbocycles. The number of nitrogens with one attached hydrogen (secondary N) is 1. The van der Waals surface area contributed by atoms with Gasteiger partial charge in [-0.25, -0.2) is 4.98 Å². The van der Waals surface area contributed by atoms with E-state index in [1.54, 1.807) is 0 Å². The van der Waals surface area contributed by atoms with Crippen LogP contribution in [-0.2, 0) is 0 Å². The highest BCUT2D eigenvalue weighted by Gasteiger charge is 2.30. The quantitative estimate of drug-likeness (QED) is 0.519. The summed E-state index contributed by atoms with van der Waals surface area (Å²) in [6, 6.07) is 0.208. The maximum Gasteiger partial charge on any atom is 0.329 e. The van der Waals surface area contributed by atoms with Crippen LogP contribution in [0.2, 0.25) is 5.28 Å². The number of hydrogen-bond donors (Lipinski definition) is 1. The number of nitro groups is 1. The number of aromatic nitrogens is 2. The standard InChI is InChI=1S/C13H19ClN4O2/c1-3-13(2)6-4-9(5-7-13)16-11-10(18(19)20)8-15-12(14)17-11/h8-9H,3-7H2,1-2H3,(H,15,16,17). The molecule has 0 spiro atoms. The van der Waals surface area contributed by atoms with Crippen molar-refractivity contribution < 1.29 is 4.92 Å². The summed E-state index contributed by atoms with van der Waals surface area (Å²) >= 11 is 5.72. The largest absolute Gasteiger partial charge is 0.361 e. The molecule has 1 heterocycles. The van der Waals surface area contributed by atoms with E-state index < -0.39 is 4.92 Å². The van der Waals surface area contributed by atoms with Gasteiger partial charge in [0, 0.05) is 6.04 Å². The van der Waals surface area contributed by atoms with Crippen molar-refractivity contribution in [2.24, 2.45) is 5.41 Å². The molecule has 1 fully saturated rings. The van der Waals surface area contributed by atoms with Crippen LogP contribution < -0.4 is 5.32 Å². The fourth-order valence-corrected chi connectivity index (χ4v) is 2.73. The fraction of sp³-hybridized carbons (Fsp3) is 0.692. The van der Waals surface area contributed by atoms with Gasteiger partial charge in [0.25, 0.3) is 0 Å². The van der Waals surface area contributed by atoms with Gasteiger partial charge >= 0.3 is 5.69 Å². The van der Waals surface area contributed by atoms with E-state index in [0.717, 1.165) is 31.9 Å². The first-order valence-electron chi connectivity index (χ1n) is 6.87. The Kier molecular flexibility index (Phi) is 4.42. The molecule has 2 rings (SSSR count). The summed E-state index contributed by atoms with van der Waals surface area (Å²) in [5, 5.41) is 14.1. The van der Waals surface area contributed by atoms with Gasteiger partial charge in [0.05, 0.1) is 4.92 Å². The summed E-state index contributed by atoms with van der Waals surface area (Å²) in [5.41, 5.74) is 0.270. The van der Waals surface area contributed by atoms with E-state index in [1.165, 1.54) is 6.42 Å². The number of hydrogen-bond acceptors (Lipinski definition) is 5. The average molecular weight is 299 g/mol. The molecule has 0 saturated heterocycles. The second-order valence-corrected chi connectivity index (χ2v) is 6.05. The second kappa shape index (κ2) is 5.91. The van der Waals surface area contributed by atoms with Crippen molar-refractivity contribution in [2.75, 3.05) is 5.32 Å². The van der Waals surface area contributed by atoms with Crippen LogP contribution >= 0.6 is 11.6 Å². The molecule has 20 heavy (non-hydrogen) atoms. The summed E-state index contributed by atoms with van der Waals surface area (Å²) in [6.45, 7) is 4.51. The van der Waals surface area contributed by atoms with E-state index in [1.807, 2.05) is 0 Å². The fourth-order valence-electron chi connectivity index (χ4n) is 2.60. The molecule has 7 heteroatoms. The molecule has 0 bridgehead atoms. The minimum absolute atomic E-state index is 0.0207. The Hall–Kier alpha value is -1.43. The Bertz CT molecular complexity index is 501. The van der Waals surface area contributed by atoms with E-state index in [0.29, 0.717) is 5.41 Å². The molecule has 6 nitrogen and oxygen atoms in total. The van der Waals surface area contributed by atoms with Crippen molar-refractivity contribution in [3.8, 4) is 0 Å². The third kappa shape index (κ3) is 3.36. The molecular weight excluding hydrogens is 280 g/mol. The molecular formula is C13H19ClN4O2. The van der Waals surface area contributed by atoms with Gasteiger partial charge in [0.2, 0.25) is 11.1 Å². The van der Waals surface area contributed by atoms with Gasteiger partial charge < -0.3 is 5.32 Å². The van der Waals surface area contributed by atoms with Crippen LogP contribution in [0.25, 0.3) is 0 Å². The maximum absolute atomic E-state index is 11.0. The molecule has 0 atom stereocenters. The van der Waals surface area contributed by atoms with Gasteiger partial charge in [-0.05, 0) is 42.7 Å². The highest BCUT2D eigenvalue weighted by atomic mass is 35.5. The third-order valence-electron chi connectivity index (χ3n) is 4.32. The molecule has 1 aliphatic rings. The lowest BCUT2D eigenvalue weighted by atomic mass is 9.72. The van der Waals surface area contributed by atoms with Gasteiger partial charge in [0.1, 0.15) is 6.20 Å². The highest BCUT2D eigenvalue weighted by molar-refractivity contribution is 6.28. The van der Waals surface area contributed by atoms with Crippen molar-refractivity contribution in [3.05, 3.63) is 21.6 Å². The molecule has 0 amide bonds. The van der Waals surface area contributed by atoms with Crippen LogP contribution in [0.4, 0.5) is 11.5 Å². The highest BCUT2D eigenvalue weighted by Crippen LogP contribution is 2.39. The first-order valence-corrected chi connectivity index (χ1v) is 7.25. The van der Waals surface area contributed by atoms with Gasteiger partial charge in [-0.2, -0.15) is 4.98 Å². The second-order valence-electron chi connectivity index (χ2n) is 5.71. The monoisotopic (exact) mass is 298 g/mol. The lowest BCUT2D eigenvalue weighted by Crippen LogP contribution is -2.31. The van der Waals surface area contributed by atoms with Gasteiger partial charge in [-0.3, -0.25) is 10.1 Å². The van der Waals surface area contributed by atoms with Crippen LogP contribution in [0.5, 0.6) is 0 Å². The number of rotatable bonds is 4. The van der Waals surface area contributed by atoms with Crippen LogP contribution in [0.3, 0.4) is 0 Å². The Morgan fingerprint density at radius 2 is 2.20 bits per heavy atom. The zero-order valence-corrected chi connectivity index (χ0v) is 12.5. The van der Waals surface area contributed by atoms with Crippen molar-refractivity contribution in [1.29, 1.82) is 0 Å². The number of nitrogens with zero attached hydrogens (tertiary/aromatic N) is 3. The Balaban J connectivity index is 2.08. The average Bonchev–Trinajstić information content (AvgIpc) is 2.41. The molecule has 1 aromatic heterocycles.